The molecule has 0 unspecified atom stereocenters. The molecule has 0 saturated heterocycles. The van der Waals surface area contributed by atoms with E-state index >= 15 is 0 Å². The van der Waals surface area contributed by atoms with Gasteiger partial charge in [0.15, 0.2) is 3.57 Å². The molecule has 0 saturated carbocycles. The van der Waals surface area contributed by atoms with Crippen LogP contribution in [0.5, 0.6) is 0 Å². The minimum atomic E-state index is 0.293. The van der Waals surface area contributed by atoms with Crippen molar-refractivity contribution in [2.75, 3.05) is 4.93 Å². The summed E-state index contributed by atoms with van der Waals surface area (Å²) in [6, 6.07) is 8.75. The van der Waals surface area contributed by atoms with Crippen LogP contribution in [0.15, 0.2) is 24.3 Å². The lowest BCUT2D eigenvalue weighted by Gasteiger charge is -1.85. The zero-order valence-corrected chi connectivity index (χ0v) is 7.84. The van der Waals surface area contributed by atoms with E-state index in [4.69, 9.17) is 0 Å². The van der Waals surface area contributed by atoms with Gasteiger partial charge in [-0.15, -0.1) is 0 Å². The molecule has 0 amide bonds. The molecule has 0 N–H and O–H groups in total. The van der Waals surface area contributed by atoms with Gasteiger partial charge in [0, 0.05) is 0 Å². The lowest BCUT2D eigenvalue weighted by molar-refractivity contribution is -0.597. The van der Waals surface area contributed by atoms with Crippen molar-refractivity contribution in [1.29, 1.82) is 0 Å². The normalized spacial score (nSPS) is 9.56. The van der Waals surface area contributed by atoms with Crippen LogP contribution >= 0.6 is 0 Å². The first kappa shape index (κ1) is 7.06. The lowest BCUT2D eigenvalue weighted by atomic mass is 10.2. The third-order valence-corrected chi connectivity index (χ3v) is 3.11. The van der Waals surface area contributed by atoms with Crippen molar-refractivity contribution >= 4 is 0 Å². The first-order valence-corrected chi connectivity index (χ1v) is 6.12. The Balaban J connectivity index is 2.94. The van der Waals surface area contributed by atoms with Crippen LogP contribution in [0.3, 0.4) is 0 Å². The zero-order chi connectivity index (χ0) is 6.69. The van der Waals surface area contributed by atoms with Crippen LogP contribution < -0.4 is 21.2 Å². The summed E-state index contributed by atoms with van der Waals surface area (Å²) in [6.45, 7) is 2.14. The Morgan fingerprint density at radius 3 is 2.56 bits per heavy atom. The van der Waals surface area contributed by atoms with E-state index in [-0.39, 0.29) is 0 Å². The minimum absolute atomic E-state index is 0.293. The quantitative estimate of drug-likeness (QED) is 0.426. The van der Waals surface area contributed by atoms with Gasteiger partial charge in [-0.3, -0.25) is 0 Å². The van der Waals surface area contributed by atoms with Crippen molar-refractivity contribution in [3.05, 3.63) is 33.4 Å². The Kier molecular flexibility index (Phi) is 2.51. The highest BCUT2D eigenvalue weighted by Crippen LogP contribution is 1.92. The number of aryl methyl sites for hydroxylation is 1. The Labute approximate surface area is 66.5 Å². The number of hydrogen-bond acceptors (Lipinski definition) is 0. The fraction of sp³-hybridized carbons (Fsp3) is 0.250. The average Bonchev–Trinajstić information content (AvgIpc) is 1.88. The summed E-state index contributed by atoms with van der Waals surface area (Å²) in [4.78, 5) is 2.29. The van der Waals surface area contributed by atoms with Gasteiger partial charge >= 0.3 is 21.2 Å². The van der Waals surface area contributed by atoms with Crippen LogP contribution in [0.25, 0.3) is 0 Å². The molecular weight excluding hydrogens is 223 g/mol. The van der Waals surface area contributed by atoms with Gasteiger partial charge < -0.3 is 0 Å². The van der Waals surface area contributed by atoms with E-state index < -0.39 is 0 Å². The van der Waals surface area contributed by atoms with Gasteiger partial charge in [0.2, 0.25) is 0 Å². The van der Waals surface area contributed by atoms with E-state index in [1.165, 1.54) is 9.13 Å². The van der Waals surface area contributed by atoms with Gasteiger partial charge in [-0.2, -0.15) is 0 Å². The van der Waals surface area contributed by atoms with Gasteiger partial charge in [-0.25, -0.2) is 0 Å². The van der Waals surface area contributed by atoms with Crippen molar-refractivity contribution in [3.63, 3.8) is 0 Å². The molecule has 0 fully saturated rings. The summed E-state index contributed by atoms with van der Waals surface area (Å²) in [5.41, 5.74) is 1.38. The van der Waals surface area contributed by atoms with Crippen LogP contribution in [0.2, 0.25) is 0 Å². The maximum Gasteiger partial charge on any atom is 0.309 e. The highest BCUT2D eigenvalue weighted by Gasteiger charge is 2.00. The number of hydrogen-bond donors (Lipinski definition) is 0. The van der Waals surface area contributed by atoms with Crippen LogP contribution in [0.4, 0.5) is 0 Å². The van der Waals surface area contributed by atoms with Crippen molar-refractivity contribution in [2.45, 2.75) is 6.92 Å². The molecule has 48 valence electrons. The monoisotopic (exact) mass is 233 g/mol. The van der Waals surface area contributed by atoms with E-state index in [9.17, 15) is 0 Å². The Hall–Kier alpha value is -0.0500. The van der Waals surface area contributed by atoms with Gasteiger partial charge in [-0.1, -0.05) is 12.1 Å². The predicted octanol–water partition coefficient (Wildman–Crippen LogP) is -1.12. The van der Waals surface area contributed by atoms with Gasteiger partial charge in [0.25, 0.3) is 0 Å². The molecule has 0 spiro atoms. The van der Waals surface area contributed by atoms with Crippen LogP contribution in [0, 0.1) is 10.5 Å². The zero-order valence-electron chi connectivity index (χ0n) is 5.69. The highest BCUT2D eigenvalue weighted by molar-refractivity contribution is 5.11. The molecule has 1 aromatic rings. The Morgan fingerprint density at radius 2 is 2.11 bits per heavy atom. The van der Waals surface area contributed by atoms with Gasteiger partial charge in [-0.05, 0) is 24.6 Å². The summed E-state index contributed by atoms with van der Waals surface area (Å²) in [5, 5.41) is 0. The molecule has 0 heterocycles. The van der Waals surface area contributed by atoms with Crippen molar-refractivity contribution in [3.8, 4) is 0 Å². The molecule has 0 aromatic heterocycles. The molecule has 1 rings (SSSR count). The SMILES string of the molecule is C[I+]c1cccc(C)c1. The predicted molar refractivity (Wildman–Crippen MR) is 35.8 cm³/mol. The molecule has 0 aliphatic heterocycles. The smallest absolute Gasteiger partial charge is 0.0590 e. The van der Waals surface area contributed by atoms with Crippen LogP contribution in [-0.4, -0.2) is 4.93 Å². The molecule has 1 heteroatoms. The molecule has 0 nitrogen and oxygen atoms in total. The summed E-state index contributed by atoms with van der Waals surface area (Å²) in [7, 11) is 0. The van der Waals surface area contributed by atoms with E-state index in [2.05, 4.69) is 36.1 Å². The van der Waals surface area contributed by atoms with Crippen LogP contribution in [0.1, 0.15) is 5.56 Å². The third kappa shape index (κ3) is 1.97. The van der Waals surface area contributed by atoms with Gasteiger partial charge in [0.05, 0.1) is 0 Å². The fourth-order valence-electron chi connectivity index (χ4n) is 0.723. The first-order chi connectivity index (χ1) is 4.33. The third-order valence-electron chi connectivity index (χ3n) is 1.20. The number of halogens is 1. The van der Waals surface area contributed by atoms with E-state index in [0.29, 0.717) is 21.2 Å². The van der Waals surface area contributed by atoms with Gasteiger partial charge in [0.1, 0.15) is 4.93 Å². The summed E-state index contributed by atoms with van der Waals surface area (Å²) in [6.07, 6.45) is 0. The number of benzene rings is 1. The molecule has 0 bridgehead atoms. The molecule has 1 aromatic carbocycles. The molecule has 9 heavy (non-hydrogen) atoms. The first-order valence-electron chi connectivity index (χ1n) is 2.89. The van der Waals surface area contributed by atoms with E-state index in [1.54, 1.807) is 0 Å². The van der Waals surface area contributed by atoms with Crippen molar-refractivity contribution in [2.24, 2.45) is 0 Å². The summed E-state index contributed by atoms with van der Waals surface area (Å²) >= 11 is 0.293. The molecule has 0 aliphatic rings. The second kappa shape index (κ2) is 3.20. The van der Waals surface area contributed by atoms with Crippen LogP contribution in [-0.2, 0) is 0 Å². The summed E-state index contributed by atoms with van der Waals surface area (Å²) < 4.78 is 1.54. The summed E-state index contributed by atoms with van der Waals surface area (Å²) in [5.74, 6) is 0. The van der Waals surface area contributed by atoms with E-state index in [1.807, 2.05) is 0 Å². The molecule has 0 aliphatic carbocycles. The van der Waals surface area contributed by atoms with E-state index in [0.717, 1.165) is 0 Å². The second-order valence-electron chi connectivity index (χ2n) is 1.99. The topological polar surface area (TPSA) is 0 Å². The Bertz CT molecular complexity index is 194. The van der Waals surface area contributed by atoms with Crippen molar-refractivity contribution in [1.82, 2.24) is 0 Å². The molecule has 0 radical (unpaired) electrons. The number of alkyl halides is 1. The van der Waals surface area contributed by atoms with Crippen molar-refractivity contribution < 1.29 is 21.2 Å². The fourth-order valence-corrected chi connectivity index (χ4v) is 2.09. The maximum atomic E-state index is 2.29. The molecule has 0 atom stereocenters. The molecular formula is C8H10I+. The lowest BCUT2D eigenvalue weighted by Crippen LogP contribution is -3.60. The minimum Gasteiger partial charge on any atom is -0.0590 e. The number of rotatable bonds is 1. The maximum absolute atomic E-state index is 2.29. The average molecular weight is 233 g/mol. The largest absolute Gasteiger partial charge is 0.309 e. The second-order valence-corrected chi connectivity index (χ2v) is 4.31. The Morgan fingerprint density at radius 1 is 1.33 bits per heavy atom. The standard InChI is InChI=1S/C8H10I/c1-7-4-3-5-8(6-7)9-2/h3-6H,1-2H3/q+1. The highest BCUT2D eigenvalue weighted by atomic mass is 127.